The van der Waals surface area contributed by atoms with Gasteiger partial charge in [-0.05, 0) is 62.4 Å². The number of imide groups is 1. The highest BCUT2D eigenvalue weighted by Gasteiger charge is 2.30. The second-order valence-electron chi connectivity index (χ2n) is 6.97. The van der Waals surface area contributed by atoms with Gasteiger partial charge in [0, 0.05) is 18.5 Å². The Kier molecular flexibility index (Phi) is 7.60. The summed E-state index contributed by atoms with van der Waals surface area (Å²) < 4.78 is 0. The highest BCUT2D eigenvalue weighted by Crippen LogP contribution is 2.18. The number of carbonyl (C=O) groups is 3. The maximum atomic E-state index is 12.2. The van der Waals surface area contributed by atoms with Crippen molar-refractivity contribution >= 4 is 30.1 Å². The van der Waals surface area contributed by atoms with Gasteiger partial charge in [-0.1, -0.05) is 12.1 Å². The van der Waals surface area contributed by atoms with Crippen molar-refractivity contribution in [3.8, 4) is 0 Å². The first-order chi connectivity index (χ1) is 12.1. The Morgan fingerprint density at radius 3 is 2.58 bits per heavy atom. The number of piperidine rings is 1. The first-order valence-electron chi connectivity index (χ1n) is 9.03. The van der Waals surface area contributed by atoms with Crippen molar-refractivity contribution in [3.63, 3.8) is 0 Å². The highest BCUT2D eigenvalue weighted by atomic mass is 35.5. The number of hydrogen-bond acceptors (Lipinski definition) is 4. The summed E-state index contributed by atoms with van der Waals surface area (Å²) in [6.45, 7) is 2.84. The van der Waals surface area contributed by atoms with Crippen molar-refractivity contribution in [2.24, 2.45) is 11.8 Å². The molecule has 3 rings (SSSR count). The van der Waals surface area contributed by atoms with Gasteiger partial charge < -0.3 is 10.6 Å². The second kappa shape index (κ2) is 9.69. The van der Waals surface area contributed by atoms with Crippen LogP contribution in [0, 0.1) is 11.8 Å². The minimum absolute atomic E-state index is 0. The Morgan fingerprint density at radius 2 is 1.96 bits per heavy atom. The zero-order valence-corrected chi connectivity index (χ0v) is 15.6. The zero-order valence-electron chi connectivity index (χ0n) is 14.8. The van der Waals surface area contributed by atoms with Crippen LogP contribution < -0.4 is 16.0 Å². The summed E-state index contributed by atoms with van der Waals surface area (Å²) in [5.41, 5.74) is 1.58. The number of benzene rings is 1. The molecule has 0 aromatic heterocycles. The number of amides is 3. The van der Waals surface area contributed by atoms with Gasteiger partial charge in [0.15, 0.2) is 0 Å². The van der Waals surface area contributed by atoms with Crippen molar-refractivity contribution in [1.29, 1.82) is 0 Å². The van der Waals surface area contributed by atoms with E-state index in [1.165, 1.54) is 12.8 Å². The summed E-state index contributed by atoms with van der Waals surface area (Å²) >= 11 is 0. The molecule has 0 saturated carbocycles. The molecule has 2 aliphatic rings. The van der Waals surface area contributed by atoms with E-state index in [0.29, 0.717) is 24.4 Å². The molecular formula is C19H26ClN3O3. The number of hydrogen-bond donors (Lipinski definition) is 3. The summed E-state index contributed by atoms with van der Waals surface area (Å²) in [7, 11) is 0. The van der Waals surface area contributed by atoms with Crippen LogP contribution in [0.15, 0.2) is 24.3 Å². The molecule has 7 heteroatoms. The molecule has 2 aliphatic heterocycles. The number of carbonyl (C=O) groups excluding carboxylic acids is 3. The van der Waals surface area contributed by atoms with Gasteiger partial charge in [-0.2, -0.15) is 0 Å². The average molecular weight is 380 g/mol. The maximum Gasteiger partial charge on any atom is 0.251 e. The Balaban J connectivity index is 0.00000243. The van der Waals surface area contributed by atoms with Gasteiger partial charge in [-0.3, -0.25) is 19.7 Å². The monoisotopic (exact) mass is 379 g/mol. The van der Waals surface area contributed by atoms with Crippen molar-refractivity contribution in [2.45, 2.75) is 32.1 Å². The molecule has 3 amide bonds. The Bertz CT molecular complexity index is 642. The van der Waals surface area contributed by atoms with Crippen LogP contribution in [0.3, 0.4) is 0 Å². The maximum absolute atomic E-state index is 12.2. The normalized spacial score (nSPS) is 22.5. The van der Waals surface area contributed by atoms with Crippen LogP contribution in [-0.2, 0) is 16.0 Å². The minimum Gasteiger partial charge on any atom is -0.352 e. The lowest BCUT2D eigenvalue weighted by Gasteiger charge is -2.22. The fourth-order valence-corrected chi connectivity index (χ4v) is 3.51. The van der Waals surface area contributed by atoms with E-state index in [1.807, 2.05) is 12.1 Å². The zero-order chi connectivity index (χ0) is 17.6. The third-order valence-electron chi connectivity index (χ3n) is 5.00. The van der Waals surface area contributed by atoms with Gasteiger partial charge in [0.25, 0.3) is 5.91 Å². The lowest BCUT2D eigenvalue weighted by atomic mass is 9.96. The van der Waals surface area contributed by atoms with E-state index < -0.39 is 0 Å². The topological polar surface area (TPSA) is 87.3 Å². The summed E-state index contributed by atoms with van der Waals surface area (Å²) in [6, 6.07) is 7.27. The second-order valence-corrected chi connectivity index (χ2v) is 6.97. The molecule has 0 aliphatic carbocycles. The molecule has 1 aromatic rings. The Morgan fingerprint density at radius 1 is 1.19 bits per heavy atom. The van der Waals surface area contributed by atoms with E-state index in [9.17, 15) is 14.4 Å². The van der Waals surface area contributed by atoms with Crippen LogP contribution in [0.4, 0.5) is 0 Å². The first kappa shape index (κ1) is 20.4. The molecule has 2 unspecified atom stereocenters. The molecular weight excluding hydrogens is 354 g/mol. The Labute approximate surface area is 159 Å². The molecule has 0 bridgehead atoms. The molecule has 2 atom stereocenters. The van der Waals surface area contributed by atoms with E-state index in [-0.39, 0.29) is 42.5 Å². The molecule has 2 fully saturated rings. The standard InChI is InChI=1S/C19H25N3O3.ClH/c23-17-11-16(19(25)22-17)10-13-3-5-15(6-4-13)18(24)21-9-7-14-2-1-8-20-12-14;/h3-6,14,16,20H,1-2,7-12H2,(H,21,24)(H,22,23,25);1H. The predicted molar refractivity (Wildman–Crippen MR) is 101 cm³/mol. The molecule has 2 heterocycles. The van der Waals surface area contributed by atoms with E-state index in [0.717, 1.165) is 25.1 Å². The number of nitrogens with one attached hydrogen (secondary N) is 3. The molecule has 26 heavy (non-hydrogen) atoms. The summed E-state index contributed by atoms with van der Waals surface area (Å²) in [5, 5.41) is 8.68. The third kappa shape index (κ3) is 5.54. The number of rotatable bonds is 6. The first-order valence-corrected chi connectivity index (χ1v) is 9.03. The average Bonchev–Trinajstić information content (AvgIpc) is 2.93. The highest BCUT2D eigenvalue weighted by molar-refractivity contribution is 6.03. The molecule has 0 spiro atoms. The van der Waals surface area contributed by atoms with Crippen molar-refractivity contribution < 1.29 is 14.4 Å². The molecule has 6 nitrogen and oxygen atoms in total. The largest absolute Gasteiger partial charge is 0.352 e. The van der Waals surface area contributed by atoms with Gasteiger partial charge >= 0.3 is 0 Å². The lowest BCUT2D eigenvalue weighted by Crippen LogP contribution is -2.33. The molecule has 0 radical (unpaired) electrons. The van der Waals surface area contributed by atoms with Crippen molar-refractivity contribution in [2.75, 3.05) is 19.6 Å². The molecule has 3 N–H and O–H groups in total. The van der Waals surface area contributed by atoms with E-state index in [1.54, 1.807) is 12.1 Å². The summed E-state index contributed by atoms with van der Waals surface area (Å²) in [6.07, 6.45) is 4.21. The smallest absolute Gasteiger partial charge is 0.251 e. The van der Waals surface area contributed by atoms with Crippen LogP contribution in [0.25, 0.3) is 0 Å². The Hall–Kier alpha value is -1.92. The third-order valence-corrected chi connectivity index (χ3v) is 5.00. The van der Waals surface area contributed by atoms with Crippen molar-refractivity contribution in [3.05, 3.63) is 35.4 Å². The van der Waals surface area contributed by atoms with Gasteiger partial charge in [0.2, 0.25) is 11.8 Å². The molecule has 142 valence electrons. The van der Waals surface area contributed by atoms with Crippen molar-refractivity contribution in [1.82, 2.24) is 16.0 Å². The van der Waals surface area contributed by atoms with Gasteiger partial charge in [-0.15, -0.1) is 12.4 Å². The summed E-state index contributed by atoms with van der Waals surface area (Å²) in [5.74, 6) is -0.125. The molecule has 2 saturated heterocycles. The fraction of sp³-hybridized carbons (Fsp3) is 0.526. The van der Waals surface area contributed by atoms with E-state index in [2.05, 4.69) is 16.0 Å². The minimum atomic E-state index is -0.295. The van der Waals surface area contributed by atoms with E-state index >= 15 is 0 Å². The SMILES string of the molecule is Cl.O=C1CC(Cc2ccc(C(=O)NCCC3CCCNC3)cc2)C(=O)N1. The number of halogens is 1. The van der Waals surface area contributed by atoms with Crippen LogP contribution in [-0.4, -0.2) is 37.4 Å². The van der Waals surface area contributed by atoms with Gasteiger partial charge in [0.05, 0.1) is 5.92 Å². The predicted octanol–water partition coefficient (Wildman–Crippen LogP) is 1.43. The quantitative estimate of drug-likeness (QED) is 0.652. The van der Waals surface area contributed by atoms with Crippen LogP contribution in [0.1, 0.15) is 41.6 Å². The molecule has 1 aromatic carbocycles. The van der Waals surface area contributed by atoms with E-state index in [4.69, 9.17) is 0 Å². The van der Waals surface area contributed by atoms with Crippen LogP contribution >= 0.6 is 12.4 Å². The lowest BCUT2D eigenvalue weighted by molar-refractivity contribution is -0.125. The van der Waals surface area contributed by atoms with Crippen LogP contribution in [0.2, 0.25) is 0 Å². The fourth-order valence-electron chi connectivity index (χ4n) is 3.51. The van der Waals surface area contributed by atoms with Gasteiger partial charge in [-0.25, -0.2) is 0 Å². The summed E-state index contributed by atoms with van der Waals surface area (Å²) in [4.78, 5) is 35.0. The van der Waals surface area contributed by atoms with Gasteiger partial charge in [0.1, 0.15) is 0 Å². The van der Waals surface area contributed by atoms with Crippen LogP contribution in [0.5, 0.6) is 0 Å².